The highest BCUT2D eigenvalue weighted by Gasteiger charge is 2.24. The fourth-order valence-corrected chi connectivity index (χ4v) is 4.03. The Labute approximate surface area is 162 Å². The highest BCUT2D eigenvalue weighted by Crippen LogP contribution is 2.40. The summed E-state index contributed by atoms with van der Waals surface area (Å²) in [5.74, 6) is 1.37. The maximum absolute atomic E-state index is 4.84. The van der Waals surface area contributed by atoms with Crippen LogP contribution in [0.4, 0.5) is 0 Å². The minimum Gasteiger partial charge on any atom is -0.347 e. The maximum atomic E-state index is 4.84. The summed E-state index contributed by atoms with van der Waals surface area (Å²) in [4.78, 5) is 4.84. The second-order valence-corrected chi connectivity index (χ2v) is 8.70. The molecular weight excluding hydrogens is 328 g/mol. The first-order valence-corrected chi connectivity index (χ1v) is 10.2. The number of pyridine rings is 1. The predicted molar refractivity (Wildman–Crippen MR) is 115 cm³/mol. The Morgan fingerprint density at radius 1 is 1.26 bits per heavy atom. The van der Waals surface area contributed by atoms with E-state index in [1.54, 1.807) is 0 Å². The van der Waals surface area contributed by atoms with Crippen molar-refractivity contribution in [3.8, 4) is 0 Å². The number of nitrogens with zero attached hydrogens (tertiary/aromatic N) is 2. The van der Waals surface area contributed by atoms with Crippen molar-refractivity contribution in [2.45, 2.75) is 59.4 Å². The second-order valence-electron chi connectivity index (χ2n) is 8.70. The number of hydrogen-bond donors (Lipinski definition) is 0. The SMILES string of the molecule is C=C(C)c1cc(C2CC2)cnc1Cc1ccc2c(c1)c(C)cn2CC(C)C. The molecule has 1 fully saturated rings. The van der Waals surface area contributed by atoms with Crippen LogP contribution in [0.2, 0.25) is 0 Å². The molecule has 1 saturated carbocycles. The fraction of sp³-hybridized carbons (Fsp3) is 0.400. The van der Waals surface area contributed by atoms with E-state index in [0.717, 1.165) is 30.2 Å². The van der Waals surface area contributed by atoms with Gasteiger partial charge in [-0.15, -0.1) is 0 Å². The average Bonchev–Trinajstić information content (AvgIpc) is 3.41. The van der Waals surface area contributed by atoms with E-state index in [0.29, 0.717) is 5.92 Å². The summed E-state index contributed by atoms with van der Waals surface area (Å²) in [6, 6.07) is 9.21. The minimum atomic E-state index is 0.645. The lowest BCUT2D eigenvalue weighted by atomic mass is 9.98. The van der Waals surface area contributed by atoms with Gasteiger partial charge in [0.2, 0.25) is 0 Å². The number of allylic oxidation sites excluding steroid dienone is 1. The number of benzene rings is 1. The van der Waals surface area contributed by atoms with Gasteiger partial charge >= 0.3 is 0 Å². The maximum Gasteiger partial charge on any atom is 0.0522 e. The Hall–Kier alpha value is -2.35. The Morgan fingerprint density at radius 3 is 2.70 bits per heavy atom. The Kier molecular flexibility index (Phi) is 4.67. The topological polar surface area (TPSA) is 17.8 Å². The van der Waals surface area contributed by atoms with E-state index in [-0.39, 0.29) is 0 Å². The first-order chi connectivity index (χ1) is 12.9. The number of fused-ring (bicyclic) bond motifs is 1. The van der Waals surface area contributed by atoms with Crippen molar-refractivity contribution in [2.24, 2.45) is 5.92 Å². The molecule has 0 amide bonds. The molecule has 140 valence electrons. The molecule has 0 spiro atoms. The normalized spacial score (nSPS) is 14.3. The van der Waals surface area contributed by atoms with E-state index in [4.69, 9.17) is 4.98 Å². The summed E-state index contributed by atoms with van der Waals surface area (Å²) < 4.78 is 2.39. The molecule has 0 N–H and O–H groups in total. The van der Waals surface area contributed by atoms with Crippen LogP contribution >= 0.6 is 0 Å². The first kappa shape index (κ1) is 18.0. The smallest absolute Gasteiger partial charge is 0.0522 e. The van der Waals surface area contributed by atoms with Crippen LogP contribution in [0.1, 0.15) is 67.5 Å². The van der Waals surface area contributed by atoms with Gasteiger partial charge in [-0.1, -0.05) is 26.5 Å². The lowest BCUT2D eigenvalue weighted by Gasteiger charge is -2.12. The van der Waals surface area contributed by atoms with Crippen molar-refractivity contribution in [1.29, 1.82) is 0 Å². The Balaban J connectivity index is 1.67. The predicted octanol–water partition coefficient (Wildman–Crippen LogP) is 6.50. The van der Waals surface area contributed by atoms with E-state index >= 15 is 0 Å². The number of aryl methyl sites for hydroxylation is 1. The minimum absolute atomic E-state index is 0.645. The van der Waals surface area contributed by atoms with Crippen LogP contribution in [-0.4, -0.2) is 9.55 Å². The first-order valence-electron chi connectivity index (χ1n) is 10.2. The molecule has 4 rings (SSSR count). The molecule has 0 atom stereocenters. The lowest BCUT2D eigenvalue weighted by molar-refractivity contribution is 0.535. The van der Waals surface area contributed by atoms with Crippen LogP contribution in [0.15, 0.2) is 43.2 Å². The van der Waals surface area contributed by atoms with Crippen molar-refractivity contribution >= 4 is 16.5 Å². The molecule has 1 aliphatic carbocycles. The summed E-state index contributed by atoms with van der Waals surface area (Å²) in [6.45, 7) is 14.1. The molecule has 1 aromatic carbocycles. The molecule has 0 saturated heterocycles. The van der Waals surface area contributed by atoms with E-state index in [1.165, 1.54) is 46.0 Å². The van der Waals surface area contributed by atoms with Crippen LogP contribution in [0.5, 0.6) is 0 Å². The molecular formula is C25H30N2. The van der Waals surface area contributed by atoms with Gasteiger partial charge in [0, 0.05) is 36.3 Å². The van der Waals surface area contributed by atoms with Crippen LogP contribution in [-0.2, 0) is 13.0 Å². The molecule has 3 aromatic rings. The zero-order valence-electron chi connectivity index (χ0n) is 17.0. The second kappa shape index (κ2) is 6.99. The third-order valence-electron chi connectivity index (χ3n) is 5.58. The third kappa shape index (κ3) is 3.71. The zero-order valence-corrected chi connectivity index (χ0v) is 17.0. The molecule has 1 aliphatic rings. The van der Waals surface area contributed by atoms with Gasteiger partial charge in [0.1, 0.15) is 0 Å². The van der Waals surface area contributed by atoms with Crippen LogP contribution < -0.4 is 0 Å². The van der Waals surface area contributed by atoms with E-state index in [2.05, 4.69) is 75.5 Å². The average molecular weight is 359 g/mol. The van der Waals surface area contributed by atoms with Crippen molar-refractivity contribution in [1.82, 2.24) is 9.55 Å². The monoisotopic (exact) mass is 358 g/mol. The molecule has 2 heterocycles. The van der Waals surface area contributed by atoms with Gasteiger partial charge in [-0.3, -0.25) is 4.98 Å². The Morgan fingerprint density at radius 2 is 2.04 bits per heavy atom. The van der Waals surface area contributed by atoms with Gasteiger partial charge in [0.15, 0.2) is 0 Å². The summed E-state index contributed by atoms with van der Waals surface area (Å²) in [5, 5.41) is 1.36. The number of aromatic nitrogens is 2. The molecule has 27 heavy (non-hydrogen) atoms. The largest absolute Gasteiger partial charge is 0.347 e. The molecule has 0 bridgehead atoms. The van der Waals surface area contributed by atoms with Crippen molar-refractivity contribution in [3.63, 3.8) is 0 Å². The van der Waals surface area contributed by atoms with Gasteiger partial charge < -0.3 is 4.57 Å². The van der Waals surface area contributed by atoms with Gasteiger partial charge in [-0.25, -0.2) is 0 Å². The quantitative estimate of drug-likeness (QED) is 0.491. The van der Waals surface area contributed by atoms with Crippen LogP contribution in [0.3, 0.4) is 0 Å². The van der Waals surface area contributed by atoms with E-state index in [9.17, 15) is 0 Å². The van der Waals surface area contributed by atoms with Crippen molar-refractivity contribution in [2.75, 3.05) is 0 Å². The molecule has 0 aliphatic heterocycles. The van der Waals surface area contributed by atoms with Gasteiger partial charge in [0.25, 0.3) is 0 Å². The zero-order chi connectivity index (χ0) is 19.1. The Bertz CT molecular complexity index is 1000. The van der Waals surface area contributed by atoms with Gasteiger partial charge in [-0.2, -0.15) is 0 Å². The van der Waals surface area contributed by atoms with Gasteiger partial charge in [-0.05, 0) is 84.6 Å². The standard InChI is InChI=1S/C25H30N2/c1-16(2)14-27-15-18(5)23-10-19(6-9-25(23)27)11-24-22(17(3)4)12-21(13-26-24)20-7-8-20/h6,9-10,12-13,15-16,20H,3,7-8,11,14H2,1-2,4-5H3. The van der Waals surface area contributed by atoms with Crippen molar-refractivity contribution in [3.05, 3.63) is 71.2 Å². The summed E-state index contributed by atoms with van der Waals surface area (Å²) >= 11 is 0. The number of rotatable bonds is 6. The molecule has 0 radical (unpaired) electrons. The lowest BCUT2D eigenvalue weighted by Crippen LogP contribution is -2.03. The molecule has 2 heteroatoms. The summed E-state index contributed by atoms with van der Waals surface area (Å²) in [6.07, 6.45) is 7.84. The van der Waals surface area contributed by atoms with Crippen molar-refractivity contribution < 1.29 is 0 Å². The molecule has 0 unspecified atom stereocenters. The van der Waals surface area contributed by atoms with Gasteiger partial charge in [0.05, 0.1) is 5.69 Å². The molecule has 2 nitrogen and oxygen atoms in total. The highest BCUT2D eigenvalue weighted by atomic mass is 15.0. The third-order valence-corrected chi connectivity index (χ3v) is 5.58. The van der Waals surface area contributed by atoms with Crippen LogP contribution in [0.25, 0.3) is 16.5 Å². The van der Waals surface area contributed by atoms with E-state index in [1.807, 2.05) is 0 Å². The summed E-state index contributed by atoms with van der Waals surface area (Å²) in [7, 11) is 0. The fourth-order valence-electron chi connectivity index (χ4n) is 4.03. The molecule has 2 aromatic heterocycles. The van der Waals surface area contributed by atoms with Crippen LogP contribution in [0, 0.1) is 12.8 Å². The number of hydrogen-bond acceptors (Lipinski definition) is 1. The highest BCUT2D eigenvalue weighted by molar-refractivity contribution is 5.84. The summed E-state index contributed by atoms with van der Waals surface area (Å²) in [5.41, 5.74) is 8.88. The van der Waals surface area contributed by atoms with E-state index < -0.39 is 0 Å².